The van der Waals surface area contributed by atoms with E-state index in [1.807, 2.05) is 11.3 Å². The Bertz CT molecular complexity index is 524. The third-order valence-corrected chi connectivity index (χ3v) is 5.77. The molecule has 1 saturated carbocycles. The van der Waals surface area contributed by atoms with Gasteiger partial charge < -0.3 is 5.32 Å². The monoisotopic (exact) mass is 288 g/mol. The lowest BCUT2D eigenvalue weighted by molar-refractivity contribution is 0.268. The first-order valence-corrected chi connectivity index (χ1v) is 8.67. The van der Waals surface area contributed by atoms with Crippen molar-refractivity contribution in [3.63, 3.8) is 0 Å². The molecule has 0 amide bonds. The third-order valence-electron chi connectivity index (χ3n) is 4.55. The van der Waals surface area contributed by atoms with E-state index in [1.165, 1.54) is 41.8 Å². The Morgan fingerprint density at radius 2 is 1.90 bits per heavy atom. The van der Waals surface area contributed by atoms with E-state index in [0.717, 1.165) is 11.4 Å². The standard InChI is InChI=1S/C17H24N2S/c1-12(14-8-4-3-5-9-14)18-13(2)17-19-15-10-6-7-11-16(15)20-17/h6-7,10-14,18H,3-5,8-9H2,1-2H3/t12-,13?/m0/s1. The molecule has 1 N–H and O–H groups in total. The second kappa shape index (κ2) is 6.23. The molecule has 1 aromatic heterocycles. The fourth-order valence-corrected chi connectivity index (χ4v) is 4.29. The minimum Gasteiger partial charge on any atom is -0.305 e. The van der Waals surface area contributed by atoms with Crippen LogP contribution in [0.15, 0.2) is 24.3 Å². The molecule has 0 bridgehead atoms. The fourth-order valence-electron chi connectivity index (χ4n) is 3.31. The number of nitrogens with one attached hydrogen (secondary N) is 1. The highest BCUT2D eigenvalue weighted by atomic mass is 32.1. The van der Waals surface area contributed by atoms with Crippen LogP contribution < -0.4 is 5.32 Å². The summed E-state index contributed by atoms with van der Waals surface area (Å²) < 4.78 is 1.29. The normalized spacial score (nSPS) is 20.1. The first kappa shape index (κ1) is 14.0. The molecular formula is C17H24N2S. The summed E-state index contributed by atoms with van der Waals surface area (Å²) in [5, 5.41) is 4.99. The highest BCUT2D eigenvalue weighted by Gasteiger charge is 2.22. The maximum absolute atomic E-state index is 4.77. The van der Waals surface area contributed by atoms with Crippen LogP contribution in [0.3, 0.4) is 0 Å². The van der Waals surface area contributed by atoms with Crippen molar-refractivity contribution in [2.45, 2.75) is 58.0 Å². The molecule has 2 atom stereocenters. The summed E-state index contributed by atoms with van der Waals surface area (Å²) in [6.07, 6.45) is 7.02. The van der Waals surface area contributed by atoms with E-state index in [2.05, 4.69) is 43.4 Å². The van der Waals surface area contributed by atoms with Crippen molar-refractivity contribution in [1.82, 2.24) is 10.3 Å². The lowest BCUT2D eigenvalue weighted by atomic mass is 9.84. The third kappa shape index (κ3) is 3.04. The van der Waals surface area contributed by atoms with Gasteiger partial charge in [0, 0.05) is 6.04 Å². The first-order chi connectivity index (χ1) is 9.74. The van der Waals surface area contributed by atoms with Crippen LogP contribution in [0.1, 0.15) is 57.0 Å². The van der Waals surface area contributed by atoms with Crippen molar-refractivity contribution < 1.29 is 0 Å². The van der Waals surface area contributed by atoms with Gasteiger partial charge in [-0.25, -0.2) is 4.98 Å². The molecule has 0 aliphatic heterocycles. The van der Waals surface area contributed by atoms with Gasteiger partial charge in [-0.15, -0.1) is 11.3 Å². The topological polar surface area (TPSA) is 24.9 Å². The van der Waals surface area contributed by atoms with Crippen molar-refractivity contribution in [1.29, 1.82) is 0 Å². The van der Waals surface area contributed by atoms with Gasteiger partial charge in [0.25, 0.3) is 0 Å². The Hall–Kier alpha value is -0.930. The number of thiazole rings is 1. The number of fused-ring (bicyclic) bond motifs is 1. The summed E-state index contributed by atoms with van der Waals surface area (Å²) in [5.74, 6) is 0.848. The smallest absolute Gasteiger partial charge is 0.111 e. The van der Waals surface area contributed by atoms with E-state index in [4.69, 9.17) is 4.98 Å². The van der Waals surface area contributed by atoms with Crippen LogP contribution in [0.4, 0.5) is 0 Å². The van der Waals surface area contributed by atoms with E-state index in [9.17, 15) is 0 Å². The van der Waals surface area contributed by atoms with Crippen molar-refractivity contribution in [3.05, 3.63) is 29.3 Å². The highest BCUT2D eigenvalue weighted by molar-refractivity contribution is 7.18. The molecule has 1 fully saturated rings. The van der Waals surface area contributed by atoms with Gasteiger partial charge in [0.05, 0.1) is 16.3 Å². The Morgan fingerprint density at radius 1 is 1.15 bits per heavy atom. The maximum atomic E-state index is 4.77. The van der Waals surface area contributed by atoms with Crippen molar-refractivity contribution in [2.75, 3.05) is 0 Å². The predicted octanol–water partition coefficient (Wildman–Crippen LogP) is 4.92. The lowest BCUT2D eigenvalue weighted by Gasteiger charge is -2.30. The molecule has 2 aromatic rings. The summed E-state index contributed by atoms with van der Waals surface area (Å²) in [7, 11) is 0. The summed E-state index contributed by atoms with van der Waals surface area (Å²) >= 11 is 1.82. The van der Waals surface area contributed by atoms with Gasteiger partial charge in [0.1, 0.15) is 5.01 Å². The van der Waals surface area contributed by atoms with E-state index in [1.54, 1.807) is 0 Å². The molecule has 3 rings (SSSR count). The van der Waals surface area contributed by atoms with Gasteiger partial charge in [-0.3, -0.25) is 0 Å². The number of aromatic nitrogens is 1. The van der Waals surface area contributed by atoms with E-state index in [0.29, 0.717) is 12.1 Å². The largest absolute Gasteiger partial charge is 0.305 e. The summed E-state index contributed by atoms with van der Waals surface area (Å²) in [5.41, 5.74) is 1.13. The number of rotatable bonds is 4. The van der Waals surface area contributed by atoms with Crippen LogP contribution in [0, 0.1) is 5.92 Å². The van der Waals surface area contributed by atoms with E-state index < -0.39 is 0 Å². The van der Waals surface area contributed by atoms with Gasteiger partial charge in [-0.1, -0.05) is 31.4 Å². The molecular weight excluding hydrogens is 264 g/mol. The minimum atomic E-state index is 0.351. The van der Waals surface area contributed by atoms with E-state index >= 15 is 0 Å². The molecule has 1 aliphatic carbocycles. The molecule has 108 valence electrons. The Labute approximate surface area is 125 Å². The van der Waals surface area contributed by atoms with Crippen molar-refractivity contribution >= 4 is 21.6 Å². The van der Waals surface area contributed by atoms with Crippen molar-refractivity contribution in [3.8, 4) is 0 Å². The molecule has 0 radical (unpaired) electrons. The van der Waals surface area contributed by atoms with Crippen LogP contribution in [-0.2, 0) is 0 Å². The quantitative estimate of drug-likeness (QED) is 0.864. The SMILES string of the molecule is CC(N[C@@H](C)C1CCCCC1)c1nc2ccccc2s1. The Morgan fingerprint density at radius 3 is 2.65 bits per heavy atom. The number of para-hydroxylation sites is 1. The van der Waals surface area contributed by atoms with Crippen LogP contribution >= 0.6 is 11.3 Å². The summed E-state index contributed by atoms with van der Waals surface area (Å²) in [6, 6.07) is 9.36. The molecule has 20 heavy (non-hydrogen) atoms. The average molecular weight is 288 g/mol. The molecule has 1 heterocycles. The number of hydrogen-bond acceptors (Lipinski definition) is 3. The summed E-state index contributed by atoms with van der Waals surface area (Å²) in [6.45, 7) is 4.59. The van der Waals surface area contributed by atoms with Crippen LogP contribution in [0.25, 0.3) is 10.2 Å². The molecule has 0 spiro atoms. The number of nitrogens with zero attached hydrogens (tertiary/aromatic N) is 1. The van der Waals surface area contributed by atoms with Crippen LogP contribution in [-0.4, -0.2) is 11.0 Å². The maximum Gasteiger partial charge on any atom is 0.111 e. The zero-order chi connectivity index (χ0) is 13.9. The first-order valence-electron chi connectivity index (χ1n) is 7.85. The van der Waals surface area contributed by atoms with Gasteiger partial charge in [-0.2, -0.15) is 0 Å². The minimum absolute atomic E-state index is 0.351. The Kier molecular flexibility index (Phi) is 4.37. The van der Waals surface area contributed by atoms with Gasteiger partial charge in [0.15, 0.2) is 0 Å². The lowest BCUT2D eigenvalue weighted by Crippen LogP contribution is -2.36. The van der Waals surface area contributed by atoms with Crippen LogP contribution in [0.2, 0.25) is 0 Å². The van der Waals surface area contributed by atoms with Gasteiger partial charge >= 0.3 is 0 Å². The predicted molar refractivity (Wildman–Crippen MR) is 87.2 cm³/mol. The zero-order valence-electron chi connectivity index (χ0n) is 12.4. The second-order valence-corrected chi connectivity index (χ2v) is 7.16. The fraction of sp³-hybridized carbons (Fsp3) is 0.588. The van der Waals surface area contributed by atoms with Crippen LogP contribution in [0.5, 0.6) is 0 Å². The Balaban J connectivity index is 1.67. The molecule has 1 aliphatic rings. The zero-order valence-corrected chi connectivity index (χ0v) is 13.2. The molecule has 1 aromatic carbocycles. The second-order valence-electron chi connectivity index (χ2n) is 6.09. The molecule has 0 saturated heterocycles. The average Bonchev–Trinajstić information content (AvgIpc) is 2.92. The molecule has 3 heteroatoms. The number of hydrogen-bond donors (Lipinski definition) is 1. The molecule has 2 nitrogen and oxygen atoms in total. The number of benzene rings is 1. The van der Waals surface area contributed by atoms with Crippen molar-refractivity contribution in [2.24, 2.45) is 5.92 Å². The highest BCUT2D eigenvalue weighted by Crippen LogP contribution is 2.30. The summed E-state index contributed by atoms with van der Waals surface area (Å²) in [4.78, 5) is 4.77. The van der Waals surface area contributed by atoms with Gasteiger partial charge in [-0.05, 0) is 44.7 Å². The van der Waals surface area contributed by atoms with Gasteiger partial charge in [0.2, 0.25) is 0 Å². The molecule has 1 unspecified atom stereocenters. The van der Waals surface area contributed by atoms with E-state index in [-0.39, 0.29) is 0 Å².